The predicted octanol–water partition coefficient (Wildman–Crippen LogP) is 4.14. The van der Waals surface area contributed by atoms with Crippen LogP contribution >= 0.6 is 11.3 Å². The summed E-state index contributed by atoms with van der Waals surface area (Å²) < 4.78 is 14.0. The molecule has 0 saturated carbocycles. The third-order valence-electron chi connectivity index (χ3n) is 3.06. The van der Waals surface area contributed by atoms with Gasteiger partial charge in [-0.1, -0.05) is 32.1 Å². The number of anilines is 1. The number of aromatic nitrogens is 1. The highest BCUT2D eigenvalue weighted by Crippen LogP contribution is 2.26. The normalized spacial score (nSPS) is 13.2. The Morgan fingerprint density at radius 3 is 2.82 bits per heavy atom. The van der Waals surface area contributed by atoms with Gasteiger partial charge < -0.3 is 5.32 Å². The van der Waals surface area contributed by atoms with Gasteiger partial charge in [-0.15, -0.1) is 0 Å². The average Bonchev–Trinajstić information content (AvgIpc) is 2.67. The quantitative estimate of drug-likeness (QED) is 0.884. The van der Waals surface area contributed by atoms with Crippen molar-refractivity contribution in [3.63, 3.8) is 0 Å². The van der Waals surface area contributed by atoms with Gasteiger partial charge in [-0.2, -0.15) is 0 Å². The smallest absolute Gasteiger partial charge is 0.183 e. The summed E-state index contributed by atoms with van der Waals surface area (Å²) in [5, 5.41) is 4.19. The largest absolute Gasteiger partial charge is 0.361 e. The van der Waals surface area contributed by atoms with Crippen molar-refractivity contribution < 1.29 is 4.39 Å². The molecule has 1 unspecified atom stereocenters. The van der Waals surface area contributed by atoms with Crippen LogP contribution in [0, 0.1) is 17.7 Å². The number of hydrogen-bond donors (Lipinski definition) is 1. The molecule has 2 aromatic rings. The van der Waals surface area contributed by atoms with Crippen LogP contribution in [0.4, 0.5) is 9.52 Å². The number of nitrogens with one attached hydrogen (secondary N) is 1. The Kier molecular flexibility index (Phi) is 3.62. The summed E-state index contributed by atoms with van der Waals surface area (Å²) in [7, 11) is 0. The van der Waals surface area contributed by atoms with Crippen LogP contribution in [0.5, 0.6) is 0 Å². The summed E-state index contributed by atoms with van der Waals surface area (Å²) in [4.78, 5) is 4.37. The maximum Gasteiger partial charge on any atom is 0.183 e. The Labute approximate surface area is 105 Å². The summed E-state index contributed by atoms with van der Waals surface area (Å²) >= 11 is 1.57. The molecule has 1 aromatic heterocycles. The molecular weight excluding hydrogens is 235 g/mol. The maximum absolute atomic E-state index is 13.0. The first-order valence-electron chi connectivity index (χ1n) is 5.86. The maximum atomic E-state index is 13.0. The van der Waals surface area contributed by atoms with Crippen molar-refractivity contribution in [1.82, 2.24) is 4.98 Å². The molecule has 0 aliphatic rings. The molecule has 2 rings (SSSR count). The monoisotopic (exact) mass is 252 g/mol. The molecule has 1 aromatic carbocycles. The molecule has 1 N–H and O–H groups in total. The molecule has 1 atom stereocenters. The number of fused-ring (bicyclic) bond motifs is 1. The molecule has 1 heterocycles. The molecule has 92 valence electrons. The van der Waals surface area contributed by atoms with E-state index in [0.717, 1.165) is 21.9 Å². The van der Waals surface area contributed by atoms with Crippen LogP contribution in [-0.2, 0) is 0 Å². The molecule has 0 bridgehead atoms. The third kappa shape index (κ3) is 2.94. The highest BCUT2D eigenvalue weighted by atomic mass is 32.1. The summed E-state index contributed by atoms with van der Waals surface area (Å²) in [6.45, 7) is 7.53. The van der Waals surface area contributed by atoms with Crippen LogP contribution in [0.2, 0.25) is 0 Å². The zero-order valence-corrected chi connectivity index (χ0v) is 11.1. The van der Waals surface area contributed by atoms with Gasteiger partial charge in [0.15, 0.2) is 5.13 Å². The molecule has 17 heavy (non-hydrogen) atoms. The fourth-order valence-electron chi connectivity index (χ4n) is 1.46. The first-order valence-corrected chi connectivity index (χ1v) is 6.68. The molecule has 0 amide bonds. The molecule has 0 fully saturated rings. The van der Waals surface area contributed by atoms with Crippen molar-refractivity contribution in [3.8, 4) is 0 Å². The molecule has 0 aliphatic carbocycles. The van der Waals surface area contributed by atoms with Crippen molar-refractivity contribution >= 4 is 26.7 Å². The summed E-state index contributed by atoms with van der Waals surface area (Å²) in [5.74, 6) is 1.01. The summed E-state index contributed by atoms with van der Waals surface area (Å²) in [6.07, 6.45) is 0. The number of nitrogens with zero attached hydrogens (tertiary/aromatic N) is 1. The average molecular weight is 252 g/mol. The molecule has 2 nitrogen and oxygen atoms in total. The second-order valence-corrected chi connectivity index (χ2v) is 5.76. The van der Waals surface area contributed by atoms with Crippen molar-refractivity contribution in [2.24, 2.45) is 11.8 Å². The van der Waals surface area contributed by atoms with Crippen molar-refractivity contribution in [1.29, 1.82) is 0 Å². The van der Waals surface area contributed by atoms with E-state index < -0.39 is 0 Å². The lowest BCUT2D eigenvalue weighted by Gasteiger charge is -2.15. The van der Waals surface area contributed by atoms with Crippen molar-refractivity contribution in [2.45, 2.75) is 20.8 Å². The van der Waals surface area contributed by atoms with E-state index in [2.05, 4.69) is 31.1 Å². The van der Waals surface area contributed by atoms with Gasteiger partial charge in [-0.3, -0.25) is 0 Å². The van der Waals surface area contributed by atoms with Crippen LogP contribution in [0.3, 0.4) is 0 Å². The molecule has 4 heteroatoms. The Morgan fingerprint density at radius 1 is 1.35 bits per heavy atom. The number of halogens is 1. The molecule has 0 radical (unpaired) electrons. The topological polar surface area (TPSA) is 24.9 Å². The Bertz CT molecular complexity index is 507. The standard InChI is InChI=1S/C13H17FN2S/c1-8(2)9(3)7-15-13-16-11-6-10(14)4-5-12(11)17-13/h4-6,8-9H,7H2,1-3H3,(H,15,16). The first kappa shape index (κ1) is 12.3. The van der Waals surface area contributed by atoms with E-state index in [0.29, 0.717) is 11.8 Å². The molecule has 0 saturated heterocycles. The number of benzene rings is 1. The van der Waals surface area contributed by atoms with E-state index in [9.17, 15) is 4.39 Å². The highest BCUT2D eigenvalue weighted by molar-refractivity contribution is 7.22. The van der Waals surface area contributed by atoms with Crippen LogP contribution in [0.25, 0.3) is 10.2 Å². The second-order valence-electron chi connectivity index (χ2n) is 4.73. The summed E-state index contributed by atoms with van der Waals surface area (Å²) in [6, 6.07) is 4.73. The third-order valence-corrected chi connectivity index (χ3v) is 4.06. The lowest BCUT2D eigenvalue weighted by Crippen LogP contribution is -2.15. The van der Waals surface area contributed by atoms with E-state index in [1.807, 2.05) is 0 Å². The SMILES string of the molecule is CC(C)C(C)CNc1nc2cc(F)ccc2s1. The van der Waals surface area contributed by atoms with Gasteiger partial charge in [0.1, 0.15) is 5.82 Å². The van der Waals surface area contributed by atoms with E-state index in [1.165, 1.54) is 12.1 Å². The van der Waals surface area contributed by atoms with E-state index in [-0.39, 0.29) is 5.82 Å². The van der Waals surface area contributed by atoms with Crippen LogP contribution in [0.1, 0.15) is 20.8 Å². The van der Waals surface area contributed by atoms with Gasteiger partial charge in [-0.05, 0) is 24.0 Å². The van der Waals surface area contributed by atoms with Crippen LogP contribution in [0.15, 0.2) is 18.2 Å². The van der Waals surface area contributed by atoms with Gasteiger partial charge in [0.05, 0.1) is 10.2 Å². The minimum Gasteiger partial charge on any atom is -0.361 e. The molecule has 0 aliphatic heterocycles. The van der Waals surface area contributed by atoms with Crippen molar-refractivity contribution in [2.75, 3.05) is 11.9 Å². The Hall–Kier alpha value is -1.16. The highest BCUT2D eigenvalue weighted by Gasteiger charge is 2.09. The summed E-state index contributed by atoms with van der Waals surface area (Å²) in [5.41, 5.74) is 0.731. The number of hydrogen-bond acceptors (Lipinski definition) is 3. The number of rotatable bonds is 4. The van der Waals surface area contributed by atoms with Crippen molar-refractivity contribution in [3.05, 3.63) is 24.0 Å². The number of thiazole rings is 1. The van der Waals surface area contributed by atoms with Crippen LogP contribution < -0.4 is 5.32 Å². The second kappa shape index (κ2) is 5.00. The minimum atomic E-state index is -0.232. The van der Waals surface area contributed by atoms with E-state index in [1.54, 1.807) is 17.4 Å². The van der Waals surface area contributed by atoms with Gasteiger partial charge in [0.25, 0.3) is 0 Å². The Balaban J connectivity index is 2.09. The first-order chi connectivity index (χ1) is 8.06. The van der Waals surface area contributed by atoms with Gasteiger partial charge >= 0.3 is 0 Å². The zero-order valence-electron chi connectivity index (χ0n) is 10.3. The van der Waals surface area contributed by atoms with E-state index >= 15 is 0 Å². The molecular formula is C13H17FN2S. The lowest BCUT2D eigenvalue weighted by atomic mass is 9.98. The van der Waals surface area contributed by atoms with Gasteiger partial charge in [0, 0.05) is 12.6 Å². The molecule has 0 spiro atoms. The minimum absolute atomic E-state index is 0.232. The Morgan fingerprint density at radius 2 is 2.12 bits per heavy atom. The van der Waals surface area contributed by atoms with Gasteiger partial charge in [0.2, 0.25) is 0 Å². The fraction of sp³-hybridized carbons (Fsp3) is 0.462. The fourth-order valence-corrected chi connectivity index (χ4v) is 2.31. The zero-order chi connectivity index (χ0) is 12.4. The van der Waals surface area contributed by atoms with E-state index in [4.69, 9.17) is 0 Å². The van der Waals surface area contributed by atoms with Crippen LogP contribution in [-0.4, -0.2) is 11.5 Å². The van der Waals surface area contributed by atoms with Gasteiger partial charge in [-0.25, -0.2) is 9.37 Å². The lowest BCUT2D eigenvalue weighted by molar-refractivity contribution is 0.440. The predicted molar refractivity (Wildman–Crippen MR) is 72.1 cm³/mol.